The number of carbonyl (C=O) groups excluding carboxylic acids is 4. The number of carbonyl (C=O) groups is 4. The predicted molar refractivity (Wildman–Crippen MR) is 158 cm³/mol. The van der Waals surface area contributed by atoms with Crippen LogP contribution in [0.3, 0.4) is 0 Å². The Hall–Kier alpha value is -2.87. The fraction of sp³-hybridized carbons (Fsp3) is 0.655. The lowest BCUT2D eigenvalue weighted by Gasteiger charge is -2.46. The number of aliphatic hydroxyl groups is 1. The van der Waals surface area contributed by atoms with Crippen LogP contribution in [0, 0.1) is 11.8 Å². The molecule has 3 amide bonds. The topological polar surface area (TPSA) is 138 Å². The van der Waals surface area contributed by atoms with Gasteiger partial charge in [-0.25, -0.2) is 9.59 Å². The molecule has 6 atom stereocenters. The second-order valence-corrected chi connectivity index (χ2v) is 13.0. The minimum absolute atomic E-state index is 0.00986. The summed E-state index contributed by atoms with van der Waals surface area (Å²) in [6.45, 7) is 16.0. The highest BCUT2D eigenvalue weighted by molar-refractivity contribution is 8.03. The van der Waals surface area contributed by atoms with Gasteiger partial charge in [0, 0.05) is 35.7 Å². The van der Waals surface area contributed by atoms with E-state index < -0.39 is 30.1 Å². The number of likely N-dealkylation sites (N-methyl/N-ethyl adjacent to an activating group) is 1. The number of amides is 3. The molecule has 4 heterocycles. The minimum Gasteiger partial charge on any atom is -0.457 e. The number of β-lactam (4-membered cyclic amide) rings is 1. The van der Waals surface area contributed by atoms with Gasteiger partial charge in [-0.05, 0) is 13.3 Å². The maximum Gasteiger partial charge on any atom is 0.410 e. The minimum atomic E-state index is -0.864. The van der Waals surface area contributed by atoms with E-state index in [1.807, 2.05) is 6.92 Å². The molecule has 0 saturated carbocycles. The maximum atomic E-state index is 13.4. The first kappa shape index (κ1) is 32.1. The molecule has 12 nitrogen and oxygen atoms in total. The molecule has 0 bridgehead atoms. The number of ether oxygens (including phenoxy) is 2. The van der Waals surface area contributed by atoms with Crippen molar-refractivity contribution in [2.45, 2.75) is 43.7 Å². The number of nitrogens with zero attached hydrogens (tertiary/aromatic N) is 3. The molecule has 4 aliphatic heterocycles. The molecule has 0 aromatic heterocycles. The Kier molecular flexibility index (Phi) is 10.4. The van der Waals surface area contributed by atoms with Gasteiger partial charge in [-0.2, -0.15) is 0 Å². The zero-order valence-electron chi connectivity index (χ0n) is 24.8. The first-order chi connectivity index (χ1) is 20.0. The zero-order chi connectivity index (χ0) is 30.6. The first-order valence-corrected chi connectivity index (χ1v) is 15.5. The van der Waals surface area contributed by atoms with E-state index in [9.17, 15) is 24.3 Å². The maximum absolute atomic E-state index is 13.4. The summed E-state index contributed by atoms with van der Waals surface area (Å²) in [4.78, 5) is 56.0. The lowest BCUT2D eigenvalue weighted by atomic mass is 9.79. The van der Waals surface area contributed by atoms with Crippen LogP contribution in [0.1, 0.15) is 20.3 Å². The van der Waals surface area contributed by atoms with Crippen molar-refractivity contribution < 1.29 is 38.2 Å². The Labute approximate surface area is 251 Å². The van der Waals surface area contributed by atoms with Gasteiger partial charge in [-0.15, -0.1) is 11.8 Å². The van der Waals surface area contributed by atoms with E-state index in [1.165, 1.54) is 33.7 Å². The molecule has 3 N–H and O–H groups in total. The summed E-state index contributed by atoms with van der Waals surface area (Å²) < 4.78 is 11.5. The molecule has 0 spiro atoms. The molecule has 3 saturated heterocycles. The smallest absolute Gasteiger partial charge is 0.410 e. The number of thioether (sulfide) groups is 1. The van der Waals surface area contributed by atoms with Gasteiger partial charge in [0.15, 0.2) is 0 Å². The number of quaternary nitrogens is 1. The van der Waals surface area contributed by atoms with Crippen molar-refractivity contribution in [3.05, 3.63) is 35.9 Å². The highest BCUT2D eigenvalue weighted by Gasteiger charge is 2.60. The molecule has 42 heavy (non-hydrogen) atoms. The van der Waals surface area contributed by atoms with E-state index in [4.69, 9.17) is 9.47 Å². The van der Waals surface area contributed by atoms with E-state index in [0.29, 0.717) is 17.9 Å². The number of hydrogen-bond donors (Lipinski definition) is 3. The highest BCUT2D eigenvalue weighted by Crippen LogP contribution is 2.52. The Bertz CT molecular complexity index is 1120. The van der Waals surface area contributed by atoms with Crippen molar-refractivity contribution >= 4 is 35.6 Å². The number of rotatable bonds is 12. The molecule has 232 valence electrons. The SMILES string of the molecule is C=CCOC(=O)C1=C(S[C@H]2C[C@@H](C(=O)NCC[N+]3(C)CCNCC3)N(C(=O)OCC=C)C2)[C@H](C)C2C([C@@H](C)O)C(=O)N12. The lowest BCUT2D eigenvalue weighted by molar-refractivity contribution is -0.909. The van der Waals surface area contributed by atoms with Gasteiger partial charge in [0.2, 0.25) is 11.8 Å². The number of aliphatic hydroxyl groups excluding tert-OH is 1. The number of nitrogens with one attached hydrogen (secondary N) is 2. The molecule has 0 aromatic rings. The summed E-state index contributed by atoms with van der Waals surface area (Å²) in [6.07, 6.45) is 1.80. The van der Waals surface area contributed by atoms with Crippen LogP contribution in [0.25, 0.3) is 0 Å². The summed E-state index contributed by atoms with van der Waals surface area (Å²) >= 11 is 1.39. The molecular formula is C29H44N5O7S+. The second kappa shape index (κ2) is 13.6. The van der Waals surface area contributed by atoms with Crippen molar-refractivity contribution in [1.82, 2.24) is 20.4 Å². The summed E-state index contributed by atoms with van der Waals surface area (Å²) in [5.74, 6) is -2.06. The van der Waals surface area contributed by atoms with E-state index >= 15 is 0 Å². The quantitative estimate of drug-likeness (QED) is 0.125. The number of likely N-dealkylation sites (tertiary alicyclic amines) is 1. The van der Waals surface area contributed by atoms with Crippen molar-refractivity contribution in [3.63, 3.8) is 0 Å². The van der Waals surface area contributed by atoms with Crippen LogP contribution >= 0.6 is 11.8 Å². The normalized spacial score (nSPS) is 29.0. The van der Waals surface area contributed by atoms with Gasteiger partial charge in [-0.1, -0.05) is 32.2 Å². The molecule has 3 fully saturated rings. The summed E-state index contributed by atoms with van der Waals surface area (Å²) in [5.41, 5.74) is 0.169. The first-order valence-electron chi connectivity index (χ1n) is 14.6. The molecule has 4 rings (SSSR count). The Balaban J connectivity index is 1.51. The Morgan fingerprint density at radius 2 is 1.88 bits per heavy atom. The average molecular weight is 607 g/mol. The average Bonchev–Trinajstić information content (AvgIpc) is 3.48. The lowest BCUT2D eigenvalue weighted by Crippen LogP contribution is -2.63. The molecular weight excluding hydrogens is 562 g/mol. The largest absolute Gasteiger partial charge is 0.457 e. The van der Waals surface area contributed by atoms with Gasteiger partial charge in [0.25, 0.3) is 0 Å². The van der Waals surface area contributed by atoms with E-state index in [1.54, 1.807) is 6.92 Å². The fourth-order valence-corrected chi connectivity index (χ4v) is 7.84. The molecule has 13 heteroatoms. The molecule has 2 unspecified atom stereocenters. The summed E-state index contributed by atoms with van der Waals surface area (Å²) in [7, 11) is 2.18. The second-order valence-electron chi connectivity index (χ2n) is 11.7. The monoisotopic (exact) mass is 606 g/mol. The number of hydrogen-bond acceptors (Lipinski definition) is 9. The van der Waals surface area contributed by atoms with Crippen LogP contribution in [0.5, 0.6) is 0 Å². The summed E-state index contributed by atoms with van der Waals surface area (Å²) in [6, 6.07) is -1.11. The van der Waals surface area contributed by atoms with Crippen LogP contribution < -0.4 is 10.6 Å². The van der Waals surface area contributed by atoms with Crippen molar-refractivity contribution in [2.75, 3.05) is 66.1 Å². The third-order valence-electron chi connectivity index (χ3n) is 8.66. The number of esters is 1. The third-order valence-corrected chi connectivity index (χ3v) is 10.2. The van der Waals surface area contributed by atoms with E-state index in [0.717, 1.165) is 37.2 Å². The van der Waals surface area contributed by atoms with Gasteiger partial charge in [-0.3, -0.25) is 14.5 Å². The van der Waals surface area contributed by atoms with Crippen LogP contribution in [-0.2, 0) is 23.9 Å². The van der Waals surface area contributed by atoms with Gasteiger partial charge in [0.05, 0.1) is 51.3 Å². The Morgan fingerprint density at radius 1 is 1.21 bits per heavy atom. The van der Waals surface area contributed by atoms with Crippen molar-refractivity contribution in [3.8, 4) is 0 Å². The van der Waals surface area contributed by atoms with Crippen LogP contribution in [0.4, 0.5) is 4.79 Å². The molecule has 0 radical (unpaired) electrons. The number of piperazine rings is 1. The van der Waals surface area contributed by atoms with Crippen molar-refractivity contribution in [2.24, 2.45) is 11.8 Å². The predicted octanol–water partition coefficient (Wildman–Crippen LogP) is 0.449. The van der Waals surface area contributed by atoms with Crippen LogP contribution in [0.2, 0.25) is 0 Å². The Morgan fingerprint density at radius 3 is 2.52 bits per heavy atom. The van der Waals surface area contributed by atoms with Gasteiger partial charge in [0.1, 0.15) is 25.0 Å². The van der Waals surface area contributed by atoms with E-state index in [2.05, 4.69) is 30.8 Å². The van der Waals surface area contributed by atoms with Gasteiger partial charge >= 0.3 is 12.1 Å². The summed E-state index contributed by atoms with van der Waals surface area (Å²) in [5, 5.41) is 16.4. The zero-order valence-corrected chi connectivity index (χ0v) is 25.6. The third kappa shape index (κ3) is 6.53. The molecule has 0 aliphatic carbocycles. The highest BCUT2D eigenvalue weighted by atomic mass is 32.2. The molecule has 0 aromatic carbocycles. The fourth-order valence-electron chi connectivity index (χ4n) is 6.32. The van der Waals surface area contributed by atoms with Crippen LogP contribution in [0.15, 0.2) is 35.9 Å². The van der Waals surface area contributed by atoms with Gasteiger partial charge < -0.3 is 34.6 Å². The standard InChI is InChI=1S/C29H43N5O7S/c1-6-14-40-28(38)24-25(18(3)23-22(19(4)35)27(37)33(23)24)42-20-16-21(32(17-20)29(39)41-15-7-2)26(36)31-10-13-34(5)11-8-30-9-12-34/h6-7,18-23,30,35H,1-2,8-17H2,3-5H3/p+1/t18-,19-,20+,21+,22?,23?/m1/s1. The van der Waals surface area contributed by atoms with Crippen LogP contribution in [-0.4, -0.2) is 133 Å². The van der Waals surface area contributed by atoms with E-state index in [-0.39, 0.29) is 54.5 Å². The number of fused-ring (bicyclic) bond motifs is 1. The van der Waals surface area contributed by atoms with Crippen molar-refractivity contribution in [1.29, 1.82) is 0 Å². The molecule has 4 aliphatic rings.